The number of nitrogens with zero attached hydrogens (tertiary/aromatic N) is 1. The first kappa shape index (κ1) is 14.3. The molecule has 21 heavy (non-hydrogen) atoms. The smallest absolute Gasteiger partial charge is 0.231 e. The van der Waals surface area contributed by atoms with Gasteiger partial charge in [-0.15, -0.1) is 0 Å². The Morgan fingerprint density at radius 3 is 2.71 bits per heavy atom. The molecule has 0 saturated carbocycles. The van der Waals surface area contributed by atoms with Crippen molar-refractivity contribution in [1.29, 1.82) is 0 Å². The lowest BCUT2D eigenvalue weighted by Gasteiger charge is -2.20. The normalized spacial score (nSPS) is 15.2. The Morgan fingerprint density at radius 2 is 2.00 bits per heavy atom. The number of carbonyl (C=O) groups is 1. The monoisotopic (exact) mass is 344 g/mol. The number of amides is 1. The van der Waals surface area contributed by atoms with Gasteiger partial charge in [-0.3, -0.25) is 4.79 Å². The van der Waals surface area contributed by atoms with Crippen molar-refractivity contribution in [3.63, 3.8) is 0 Å². The second-order valence-corrected chi connectivity index (χ2v) is 6.12. The molecule has 1 aliphatic heterocycles. The van der Waals surface area contributed by atoms with E-state index in [0.29, 0.717) is 6.42 Å². The summed E-state index contributed by atoms with van der Waals surface area (Å²) in [5, 5.41) is 3.36. The largest absolute Gasteiger partial charge is 0.315 e. The average Bonchev–Trinajstić information content (AvgIpc) is 2.77. The highest BCUT2D eigenvalue weighted by Crippen LogP contribution is 2.33. The van der Waals surface area contributed by atoms with E-state index in [2.05, 4.69) is 39.4 Å². The van der Waals surface area contributed by atoms with Crippen LogP contribution in [0.5, 0.6) is 0 Å². The van der Waals surface area contributed by atoms with E-state index in [1.807, 2.05) is 38.4 Å². The Bertz CT molecular complexity index is 699. The fourth-order valence-electron chi connectivity index (χ4n) is 2.88. The maximum absolute atomic E-state index is 11.8. The number of likely N-dealkylation sites (N-methyl/N-ethyl adjacent to an activating group) is 1. The van der Waals surface area contributed by atoms with Gasteiger partial charge in [-0.25, -0.2) is 0 Å². The standard InChI is InChI=1S/C17H17BrN2O/c1-19-17(13-5-3-4-6-14(13)18)11-7-8-15-12(9-11)10-16(21)20(15)2/h3-9,17,19H,10H2,1-2H3. The molecule has 0 saturated heterocycles. The second-order valence-electron chi connectivity index (χ2n) is 5.26. The molecule has 2 aromatic rings. The quantitative estimate of drug-likeness (QED) is 0.926. The van der Waals surface area contributed by atoms with Crippen LogP contribution < -0.4 is 10.2 Å². The third-order valence-electron chi connectivity index (χ3n) is 4.02. The zero-order chi connectivity index (χ0) is 15.0. The van der Waals surface area contributed by atoms with Gasteiger partial charge in [-0.05, 0) is 35.9 Å². The predicted molar refractivity (Wildman–Crippen MR) is 88.6 cm³/mol. The molecule has 1 heterocycles. The van der Waals surface area contributed by atoms with Crippen molar-refractivity contribution in [2.75, 3.05) is 19.0 Å². The van der Waals surface area contributed by atoms with Crippen LogP contribution in [-0.2, 0) is 11.2 Å². The van der Waals surface area contributed by atoms with E-state index in [0.717, 1.165) is 15.7 Å². The van der Waals surface area contributed by atoms with Crippen molar-refractivity contribution < 1.29 is 4.79 Å². The van der Waals surface area contributed by atoms with Crippen LogP contribution in [0.2, 0.25) is 0 Å². The number of nitrogens with one attached hydrogen (secondary N) is 1. The zero-order valence-corrected chi connectivity index (χ0v) is 13.6. The summed E-state index contributed by atoms with van der Waals surface area (Å²) in [6.07, 6.45) is 0.492. The molecule has 2 aromatic carbocycles. The minimum atomic E-state index is 0.104. The van der Waals surface area contributed by atoms with Crippen LogP contribution in [0.4, 0.5) is 5.69 Å². The van der Waals surface area contributed by atoms with Crippen molar-refractivity contribution in [2.24, 2.45) is 0 Å². The third-order valence-corrected chi connectivity index (χ3v) is 4.74. The van der Waals surface area contributed by atoms with Crippen LogP contribution in [-0.4, -0.2) is 20.0 Å². The Morgan fingerprint density at radius 1 is 1.24 bits per heavy atom. The Hall–Kier alpha value is -1.65. The number of halogens is 1. The number of benzene rings is 2. The topological polar surface area (TPSA) is 32.3 Å². The van der Waals surface area contributed by atoms with Crippen LogP contribution in [0.1, 0.15) is 22.7 Å². The molecule has 0 bridgehead atoms. The Kier molecular flexibility index (Phi) is 3.83. The van der Waals surface area contributed by atoms with Crippen LogP contribution in [0, 0.1) is 0 Å². The Labute approximate surface area is 133 Å². The minimum Gasteiger partial charge on any atom is -0.315 e. The van der Waals surface area contributed by atoms with Crippen LogP contribution in [0.15, 0.2) is 46.9 Å². The predicted octanol–water partition coefficient (Wildman–Crippen LogP) is 3.28. The molecule has 108 valence electrons. The lowest BCUT2D eigenvalue weighted by Crippen LogP contribution is -2.20. The average molecular weight is 345 g/mol. The Balaban J connectivity index is 2.02. The van der Waals surface area contributed by atoms with E-state index in [-0.39, 0.29) is 11.9 Å². The van der Waals surface area contributed by atoms with E-state index in [4.69, 9.17) is 0 Å². The van der Waals surface area contributed by atoms with Crippen LogP contribution >= 0.6 is 15.9 Å². The molecule has 0 radical (unpaired) electrons. The molecule has 4 heteroatoms. The minimum absolute atomic E-state index is 0.104. The molecule has 0 aliphatic carbocycles. The first-order valence-corrected chi connectivity index (χ1v) is 7.72. The van der Waals surface area contributed by atoms with Gasteiger partial charge in [0.1, 0.15) is 0 Å². The molecule has 1 amide bonds. The number of hydrogen-bond acceptors (Lipinski definition) is 2. The summed E-state index contributed by atoms with van der Waals surface area (Å²) in [5.41, 5.74) is 4.49. The van der Waals surface area contributed by atoms with Gasteiger partial charge in [0.25, 0.3) is 0 Å². The molecule has 1 N–H and O–H groups in total. The lowest BCUT2D eigenvalue weighted by molar-refractivity contribution is -0.117. The summed E-state index contributed by atoms with van der Waals surface area (Å²) in [5.74, 6) is 0.157. The number of hydrogen-bond donors (Lipinski definition) is 1. The van der Waals surface area contributed by atoms with Crippen molar-refractivity contribution in [2.45, 2.75) is 12.5 Å². The van der Waals surface area contributed by atoms with Gasteiger partial charge < -0.3 is 10.2 Å². The number of fused-ring (bicyclic) bond motifs is 1. The van der Waals surface area contributed by atoms with Crippen LogP contribution in [0.3, 0.4) is 0 Å². The maximum atomic E-state index is 11.8. The van der Waals surface area contributed by atoms with Crippen LogP contribution in [0.25, 0.3) is 0 Å². The van der Waals surface area contributed by atoms with Gasteiger partial charge in [0.2, 0.25) is 5.91 Å². The van der Waals surface area contributed by atoms with Crippen molar-refractivity contribution in [3.8, 4) is 0 Å². The third kappa shape index (κ3) is 2.49. The highest BCUT2D eigenvalue weighted by molar-refractivity contribution is 9.10. The van der Waals surface area contributed by atoms with Crippen molar-refractivity contribution >= 4 is 27.5 Å². The van der Waals surface area contributed by atoms with Gasteiger partial charge in [-0.1, -0.05) is 46.3 Å². The lowest BCUT2D eigenvalue weighted by atomic mass is 9.96. The van der Waals surface area contributed by atoms with Gasteiger partial charge >= 0.3 is 0 Å². The highest BCUT2D eigenvalue weighted by Gasteiger charge is 2.25. The molecule has 0 aromatic heterocycles. The highest BCUT2D eigenvalue weighted by atomic mass is 79.9. The van der Waals surface area contributed by atoms with Crippen molar-refractivity contribution in [1.82, 2.24) is 5.32 Å². The summed E-state index contributed by atoms with van der Waals surface area (Å²) >= 11 is 3.61. The van der Waals surface area contributed by atoms with Gasteiger partial charge in [-0.2, -0.15) is 0 Å². The molecule has 1 atom stereocenters. The summed E-state index contributed by atoms with van der Waals surface area (Å²) in [6, 6.07) is 14.6. The van der Waals surface area contributed by atoms with E-state index in [1.54, 1.807) is 4.90 Å². The summed E-state index contributed by atoms with van der Waals surface area (Å²) < 4.78 is 1.08. The second kappa shape index (κ2) is 5.62. The maximum Gasteiger partial charge on any atom is 0.231 e. The molecule has 1 aliphatic rings. The van der Waals surface area contributed by atoms with Gasteiger partial charge in [0.05, 0.1) is 12.5 Å². The van der Waals surface area contributed by atoms with Gasteiger partial charge in [0, 0.05) is 17.2 Å². The SMILES string of the molecule is CNC(c1ccc2c(c1)CC(=O)N2C)c1ccccc1Br. The van der Waals surface area contributed by atoms with Gasteiger partial charge in [0.15, 0.2) is 0 Å². The summed E-state index contributed by atoms with van der Waals surface area (Å²) in [6.45, 7) is 0. The fraction of sp³-hybridized carbons (Fsp3) is 0.235. The first-order chi connectivity index (χ1) is 10.1. The molecule has 3 rings (SSSR count). The number of anilines is 1. The molecule has 1 unspecified atom stereocenters. The molecular formula is C17H17BrN2O. The first-order valence-electron chi connectivity index (χ1n) is 6.93. The molecule has 3 nitrogen and oxygen atoms in total. The number of carbonyl (C=O) groups excluding carboxylic acids is 1. The number of rotatable bonds is 3. The fourth-order valence-corrected chi connectivity index (χ4v) is 3.39. The van der Waals surface area contributed by atoms with E-state index in [1.165, 1.54) is 11.1 Å². The summed E-state index contributed by atoms with van der Waals surface area (Å²) in [4.78, 5) is 13.5. The van der Waals surface area contributed by atoms with E-state index < -0.39 is 0 Å². The molecule has 0 spiro atoms. The van der Waals surface area contributed by atoms with Crippen molar-refractivity contribution in [3.05, 3.63) is 63.6 Å². The summed E-state index contributed by atoms with van der Waals surface area (Å²) in [7, 11) is 3.78. The van der Waals surface area contributed by atoms with E-state index in [9.17, 15) is 4.79 Å². The van der Waals surface area contributed by atoms with E-state index >= 15 is 0 Å². The molecule has 0 fully saturated rings. The zero-order valence-electron chi connectivity index (χ0n) is 12.1. The molecular weight excluding hydrogens is 328 g/mol.